The zero-order chi connectivity index (χ0) is 9.71. The third-order valence-electron chi connectivity index (χ3n) is 2.50. The van der Waals surface area contributed by atoms with E-state index in [0.717, 1.165) is 27.9 Å². The molecule has 0 bridgehead atoms. The van der Waals surface area contributed by atoms with E-state index in [1.807, 2.05) is 26.1 Å². The zero-order valence-electron chi connectivity index (χ0n) is 7.85. The van der Waals surface area contributed by atoms with E-state index < -0.39 is 0 Å². The summed E-state index contributed by atoms with van der Waals surface area (Å²) in [5, 5.41) is 0. The van der Waals surface area contributed by atoms with Crippen LogP contribution in [0.1, 0.15) is 5.82 Å². The van der Waals surface area contributed by atoms with Crippen LogP contribution in [0, 0.1) is 6.92 Å². The summed E-state index contributed by atoms with van der Waals surface area (Å²) in [7, 11) is 2.01. The Hall–Kier alpha value is -1.49. The summed E-state index contributed by atoms with van der Waals surface area (Å²) >= 11 is 1.23. The van der Waals surface area contributed by atoms with Crippen molar-refractivity contribution in [2.45, 2.75) is 6.92 Å². The molecule has 70 valence electrons. The van der Waals surface area contributed by atoms with E-state index in [4.69, 9.17) is 0 Å². The molecule has 0 atom stereocenters. The zero-order valence-corrected chi connectivity index (χ0v) is 8.67. The van der Waals surface area contributed by atoms with Gasteiger partial charge in [-0.3, -0.25) is 0 Å². The molecule has 0 radical (unpaired) electrons. The number of fused-ring (bicyclic) bond motifs is 3. The van der Waals surface area contributed by atoms with E-state index in [9.17, 15) is 0 Å². The van der Waals surface area contributed by atoms with Gasteiger partial charge in [0.1, 0.15) is 22.4 Å². The summed E-state index contributed by atoms with van der Waals surface area (Å²) < 4.78 is 10.5. The second-order valence-electron chi connectivity index (χ2n) is 3.28. The lowest BCUT2D eigenvalue weighted by Gasteiger charge is -1.94. The van der Waals surface area contributed by atoms with Crippen LogP contribution in [0.5, 0.6) is 0 Å². The molecule has 0 fully saturated rings. The molecular formula is C9H8N4S. The highest BCUT2D eigenvalue weighted by atomic mass is 32.1. The second-order valence-corrected chi connectivity index (χ2v) is 3.81. The van der Waals surface area contributed by atoms with Gasteiger partial charge in [-0.1, -0.05) is 0 Å². The number of imidazole rings is 1. The lowest BCUT2D eigenvalue weighted by molar-refractivity contribution is 0.886. The van der Waals surface area contributed by atoms with Gasteiger partial charge in [-0.15, -0.1) is 0 Å². The predicted molar refractivity (Wildman–Crippen MR) is 56.4 cm³/mol. The van der Waals surface area contributed by atoms with E-state index in [-0.39, 0.29) is 0 Å². The second kappa shape index (κ2) is 2.51. The van der Waals surface area contributed by atoms with Gasteiger partial charge in [0.15, 0.2) is 0 Å². The van der Waals surface area contributed by atoms with Crippen molar-refractivity contribution in [2.24, 2.45) is 7.05 Å². The lowest BCUT2D eigenvalue weighted by Crippen LogP contribution is -1.89. The van der Waals surface area contributed by atoms with Gasteiger partial charge in [-0.25, -0.2) is 4.98 Å². The van der Waals surface area contributed by atoms with Crippen LogP contribution in [0.15, 0.2) is 12.1 Å². The maximum atomic E-state index is 4.48. The third-order valence-corrected chi connectivity index (χ3v) is 3.04. The van der Waals surface area contributed by atoms with E-state index in [0.29, 0.717) is 0 Å². The van der Waals surface area contributed by atoms with Crippen LogP contribution in [0.4, 0.5) is 0 Å². The van der Waals surface area contributed by atoms with E-state index in [2.05, 4.69) is 18.3 Å². The summed E-state index contributed by atoms with van der Waals surface area (Å²) in [6.45, 7) is 1.99. The van der Waals surface area contributed by atoms with Crippen molar-refractivity contribution in [3.63, 3.8) is 0 Å². The van der Waals surface area contributed by atoms with E-state index in [1.165, 1.54) is 11.7 Å². The molecule has 2 heterocycles. The normalized spacial score (nSPS) is 11.6. The van der Waals surface area contributed by atoms with Crippen LogP contribution in [-0.4, -0.2) is 18.3 Å². The van der Waals surface area contributed by atoms with Crippen LogP contribution in [0.2, 0.25) is 0 Å². The first kappa shape index (κ1) is 7.87. The highest BCUT2D eigenvalue weighted by molar-refractivity contribution is 7.00. The number of hydrogen-bond donors (Lipinski definition) is 0. The SMILES string of the molecule is Cc1nc2c3nsnc3ccc2n1C. The van der Waals surface area contributed by atoms with Crippen molar-refractivity contribution in [3.8, 4) is 0 Å². The molecule has 0 saturated carbocycles. The minimum Gasteiger partial charge on any atom is -0.331 e. The van der Waals surface area contributed by atoms with Gasteiger partial charge < -0.3 is 4.57 Å². The standard InChI is InChI=1S/C9H8N4S/c1-5-10-9-7(13(5)2)4-3-6-8(9)12-14-11-6/h3-4H,1-2H3. The maximum Gasteiger partial charge on any atom is 0.132 e. The molecule has 0 saturated heterocycles. The minimum absolute atomic E-state index is 0.913. The van der Waals surface area contributed by atoms with Gasteiger partial charge >= 0.3 is 0 Å². The smallest absolute Gasteiger partial charge is 0.132 e. The predicted octanol–water partition coefficient (Wildman–Crippen LogP) is 1.89. The molecule has 0 N–H and O–H groups in total. The van der Waals surface area contributed by atoms with Gasteiger partial charge in [-0.05, 0) is 19.1 Å². The first-order chi connectivity index (χ1) is 6.77. The molecule has 5 heteroatoms. The van der Waals surface area contributed by atoms with Crippen LogP contribution in [0.3, 0.4) is 0 Å². The quantitative estimate of drug-likeness (QED) is 0.561. The minimum atomic E-state index is 0.913. The molecule has 0 amide bonds. The number of rotatable bonds is 0. The molecule has 3 aromatic rings. The molecule has 4 nitrogen and oxygen atoms in total. The fourth-order valence-electron chi connectivity index (χ4n) is 1.62. The Morgan fingerprint density at radius 3 is 2.93 bits per heavy atom. The molecule has 0 unspecified atom stereocenters. The van der Waals surface area contributed by atoms with E-state index >= 15 is 0 Å². The first-order valence-electron chi connectivity index (χ1n) is 4.31. The monoisotopic (exact) mass is 204 g/mol. The Morgan fingerprint density at radius 2 is 2.07 bits per heavy atom. The van der Waals surface area contributed by atoms with Crippen molar-refractivity contribution in [1.29, 1.82) is 0 Å². The maximum absolute atomic E-state index is 4.48. The summed E-state index contributed by atoms with van der Waals surface area (Å²) in [4.78, 5) is 4.48. The summed E-state index contributed by atoms with van der Waals surface area (Å²) in [6, 6.07) is 4.03. The molecule has 2 aromatic heterocycles. The average Bonchev–Trinajstić information content (AvgIpc) is 2.73. The first-order valence-corrected chi connectivity index (χ1v) is 5.04. The number of aryl methyl sites for hydroxylation is 2. The molecule has 3 rings (SSSR count). The molecular weight excluding hydrogens is 196 g/mol. The Bertz CT molecular complexity index is 622. The Labute approximate surface area is 84.5 Å². The van der Waals surface area contributed by atoms with Crippen molar-refractivity contribution in [2.75, 3.05) is 0 Å². The fraction of sp³-hybridized carbons (Fsp3) is 0.222. The van der Waals surface area contributed by atoms with Crippen molar-refractivity contribution < 1.29 is 0 Å². The molecule has 0 aliphatic rings. The summed E-state index contributed by atoms with van der Waals surface area (Å²) in [6.07, 6.45) is 0. The van der Waals surface area contributed by atoms with Crippen molar-refractivity contribution in [3.05, 3.63) is 18.0 Å². The van der Waals surface area contributed by atoms with E-state index in [1.54, 1.807) is 0 Å². The van der Waals surface area contributed by atoms with Gasteiger partial charge in [0, 0.05) is 7.05 Å². The van der Waals surface area contributed by atoms with Crippen LogP contribution in [0.25, 0.3) is 22.1 Å². The van der Waals surface area contributed by atoms with Gasteiger partial charge in [0.25, 0.3) is 0 Å². The Balaban J connectivity index is 2.63. The number of aromatic nitrogens is 4. The summed E-state index contributed by atoms with van der Waals surface area (Å²) in [5.74, 6) is 1.00. The molecule has 0 spiro atoms. The van der Waals surface area contributed by atoms with Gasteiger partial charge in [0.2, 0.25) is 0 Å². The molecule has 14 heavy (non-hydrogen) atoms. The van der Waals surface area contributed by atoms with Crippen molar-refractivity contribution in [1.82, 2.24) is 18.3 Å². The number of nitrogens with zero attached hydrogens (tertiary/aromatic N) is 4. The van der Waals surface area contributed by atoms with Crippen LogP contribution < -0.4 is 0 Å². The lowest BCUT2D eigenvalue weighted by atomic mass is 10.2. The number of hydrogen-bond acceptors (Lipinski definition) is 4. The molecule has 0 aliphatic heterocycles. The average molecular weight is 204 g/mol. The Kier molecular flexibility index (Phi) is 1.41. The number of benzene rings is 1. The third kappa shape index (κ3) is 0.846. The van der Waals surface area contributed by atoms with Crippen LogP contribution >= 0.6 is 11.7 Å². The molecule has 0 aliphatic carbocycles. The Morgan fingerprint density at radius 1 is 1.21 bits per heavy atom. The van der Waals surface area contributed by atoms with Crippen molar-refractivity contribution >= 4 is 33.8 Å². The van der Waals surface area contributed by atoms with Gasteiger partial charge in [0.05, 0.1) is 17.2 Å². The topological polar surface area (TPSA) is 43.6 Å². The highest BCUT2D eigenvalue weighted by Gasteiger charge is 2.09. The fourth-order valence-corrected chi connectivity index (χ4v) is 2.16. The highest BCUT2D eigenvalue weighted by Crippen LogP contribution is 2.23. The van der Waals surface area contributed by atoms with Crippen LogP contribution in [-0.2, 0) is 7.05 Å². The molecule has 1 aromatic carbocycles. The largest absolute Gasteiger partial charge is 0.331 e. The van der Waals surface area contributed by atoms with Gasteiger partial charge in [-0.2, -0.15) is 8.75 Å². The summed E-state index contributed by atoms with van der Waals surface area (Å²) in [5.41, 5.74) is 3.91.